The van der Waals surface area contributed by atoms with Crippen molar-refractivity contribution in [2.45, 2.75) is 32.7 Å². The first-order valence-corrected chi connectivity index (χ1v) is 10.1. The second-order valence-electron chi connectivity index (χ2n) is 7.71. The maximum atomic E-state index is 12.3. The Morgan fingerprint density at radius 1 is 1.07 bits per heavy atom. The van der Waals surface area contributed by atoms with Gasteiger partial charge < -0.3 is 9.64 Å². The Morgan fingerprint density at radius 2 is 1.77 bits per heavy atom. The predicted molar refractivity (Wildman–Crippen MR) is 112 cm³/mol. The molecule has 0 radical (unpaired) electrons. The molecular formula is C23H27N3O4. The van der Waals surface area contributed by atoms with Crippen molar-refractivity contribution in [1.29, 1.82) is 0 Å². The lowest BCUT2D eigenvalue weighted by Crippen LogP contribution is -2.46. The summed E-state index contributed by atoms with van der Waals surface area (Å²) < 4.78 is 5.44. The number of ether oxygens (including phenoxy) is 1. The molecule has 0 spiro atoms. The number of benzene rings is 2. The van der Waals surface area contributed by atoms with Crippen molar-refractivity contribution in [3.05, 3.63) is 65.7 Å². The van der Waals surface area contributed by atoms with Crippen LogP contribution >= 0.6 is 0 Å². The Hall–Kier alpha value is -3.35. The van der Waals surface area contributed by atoms with Gasteiger partial charge in [0.15, 0.2) is 6.61 Å². The molecule has 158 valence electrons. The van der Waals surface area contributed by atoms with E-state index in [-0.39, 0.29) is 24.8 Å². The summed E-state index contributed by atoms with van der Waals surface area (Å²) in [5.41, 5.74) is 6.94. The molecule has 1 aliphatic heterocycles. The van der Waals surface area contributed by atoms with E-state index in [9.17, 15) is 14.4 Å². The molecule has 0 bridgehead atoms. The summed E-state index contributed by atoms with van der Waals surface area (Å²) in [5, 5.41) is 0. The molecule has 2 N–H and O–H groups in total. The summed E-state index contributed by atoms with van der Waals surface area (Å²) in [5.74, 6) is -0.415. The number of nitrogens with zero attached hydrogens (tertiary/aromatic N) is 1. The molecule has 1 aliphatic rings. The number of carbonyl (C=O) groups is 3. The van der Waals surface area contributed by atoms with Gasteiger partial charge in [0.25, 0.3) is 5.91 Å². The first-order chi connectivity index (χ1) is 14.4. The fourth-order valence-corrected chi connectivity index (χ4v) is 3.27. The van der Waals surface area contributed by atoms with Crippen LogP contribution in [-0.4, -0.2) is 35.8 Å². The lowest BCUT2D eigenvalue weighted by Gasteiger charge is -2.16. The van der Waals surface area contributed by atoms with Crippen LogP contribution in [-0.2, 0) is 20.9 Å². The molecule has 0 aliphatic carbocycles. The third-order valence-electron chi connectivity index (χ3n) is 5.04. The summed E-state index contributed by atoms with van der Waals surface area (Å²) in [7, 11) is 0. The molecule has 0 saturated carbocycles. The number of amides is 3. The summed E-state index contributed by atoms with van der Waals surface area (Å²) in [6.45, 7) is 4.79. The normalized spacial score (nSPS) is 15.9. The van der Waals surface area contributed by atoms with Gasteiger partial charge in [-0.1, -0.05) is 56.3 Å². The molecule has 7 heteroatoms. The Labute approximate surface area is 176 Å². The molecule has 3 amide bonds. The molecule has 1 fully saturated rings. The summed E-state index contributed by atoms with van der Waals surface area (Å²) >= 11 is 0. The van der Waals surface area contributed by atoms with Crippen molar-refractivity contribution >= 4 is 17.7 Å². The van der Waals surface area contributed by atoms with E-state index in [1.54, 1.807) is 4.90 Å². The van der Waals surface area contributed by atoms with Gasteiger partial charge in [0.05, 0.1) is 5.92 Å². The van der Waals surface area contributed by atoms with Gasteiger partial charge in [0.1, 0.15) is 5.75 Å². The van der Waals surface area contributed by atoms with Crippen LogP contribution in [0.5, 0.6) is 5.75 Å². The van der Waals surface area contributed by atoms with Crippen molar-refractivity contribution < 1.29 is 19.1 Å². The predicted octanol–water partition coefficient (Wildman–Crippen LogP) is 2.38. The fourth-order valence-electron chi connectivity index (χ4n) is 3.27. The monoisotopic (exact) mass is 409 g/mol. The zero-order chi connectivity index (χ0) is 21.5. The van der Waals surface area contributed by atoms with E-state index in [1.807, 2.05) is 54.6 Å². The molecule has 2 aromatic rings. The van der Waals surface area contributed by atoms with Crippen molar-refractivity contribution in [2.24, 2.45) is 5.92 Å². The van der Waals surface area contributed by atoms with Crippen LogP contribution in [0.25, 0.3) is 0 Å². The number of carbonyl (C=O) groups excluding carboxylic acids is 3. The Kier molecular flexibility index (Phi) is 7.06. The highest BCUT2D eigenvalue weighted by Gasteiger charge is 2.34. The minimum atomic E-state index is -0.494. The minimum Gasteiger partial charge on any atom is -0.484 e. The van der Waals surface area contributed by atoms with Crippen LogP contribution < -0.4 is 15.6 Å². The highest BCUT2D eigenvalue weighted by molar-refractivity contribution is 5.90. The van der Waals surface area contributed by atoms with Crippen LogP contribution in [0.1, 0.15) is 37.3 Å². The maximum absolute atomic E-state index is 12.3. The number of nitrogens with one attached hydrogen (secondary N) is 2. The lowest BCUT2D eigenvalue weighted by atomic mass is 10.0. The number of rotatable bonds is 7. The third-order valence-corrected chi connectivity index (χ3v) is 5.04. The SMILES string of the molecule is CC(C)c1ccc(OCC(=O)NNC(=O)C2CC(=O)N(Cc3ccccc3)C2)cc1. The average Bonchev–Trinajstić information content (AvgIpc) is 3.11. The maximum Gasteiger partial charge on any atom is 0.276 e. The van der Waals surface area contributed by atoms with Crippen LogP contribution in [0, 0.1) is 5.92 Å². The van der Waals surface area contributed by atoms with E-state index in [1.165, 1.54) is 5.56 Å². The van der Waals surface area contributed by atoms with E-state index < -0.39 is 11.8 Å². The molecule has 1 saturated heterocycles. The van der Waals surface area contributed by atoms with Crippen LogP contribution in [0.4, 0.5) is 0 Å². The lowest BCUT2D eigenvalue weighted by molar-refractivity contribution is -0.132. The fraction of sp³-hybridized carbons (Fsp3) is 0.348. The number of hydrogen-bond donors (Lipinski definition) is 2. The first kappa shape index (κ1) is 21.4. The summed E-state index contributed by atoms with van der Waals surface area (Å²) in [6, 6.07) is 17.2. The largest absolute Gasteiger partial charge is 0.484 e. The highest BCUT2D eigenvalue weighted by Crippen LogP contribution is 2.20. The summed E-state index contributed by atoms with van der Waals surface area (Å²) in [6.07, 6.45) is 0.132. The van der Waals surface area contributed by atoms with Gasteiger partial charge in [-0.25, -0.2) is 0 Å². The quantitative estimate of drug-likeness (QED) is 0.688. The second-order valence-corrected chi connectivity index (χ2v) is 7.71. The standard InChI is InChI=1S/C23H27N3O4/c1-16(2)18-8-10-20(11-9-18)30-15-21(27)24-25-23(29)19-12-22(28)26(14-19)13-17-6-4-3-5-7-17/h3-11,16,19H,12-15H2,1-2H3,(H,24,27)(H,25,29). The average molecular weight is 409 g/mol. The first-order valence-electron chi connectivity index (χ1n) is 10.1. The van der Waals surface area contributed by atoms with Gasteiger partial charge in [-0.3, -0.25) is 25.2 Å². The molecule has 1 heterocycles. The van der Waals surface area contributed by atoms with Gasteiger partial charge >= 0.3 is 0 Å². The molecule has 30 heavy (non-hydrogen) atoms. The molecule has 1 unspecified atom stereocenters. The zero-order valence-electron chi connectivity index (χ0n) is 17.3. The van der Waals surface area contributed by atoms with Gasteiger partial charge in [0.2, 0.25) is 11.8 Å². The van der Waals surface area contributed by atoms with Crippen LogP contribution in [0.3, 0.4) is 0 Å². The third kappa shape index (κ3) is 5.83. The molecule has 2 aromatic carbocycles. The van der Waals surface area contributed by atoms with E-state index in [0.717, 1.165) is 5.56 Å². The Morgan fingerprint density at radius 3 is 2.43 bits per heavy atom. The van der Waals surface area contributed by atoms with Crippen molar-refractivity contribution in [1.82, 2.24) is 15.8 Å². The van der Waals surface area contributed by atoms with Gasteiger partial charge in [-0.15, -0.1) is 0 Å². The van der Waals surface area contributed by atoms with Gasteiger partial charge in [0, 0.05) is 19.5 Å². The Bertz CT molecular complexity index is 881. The van der Waals surface area contributed by atoms with Crippen molar-refractivity contribution in [3.8, 4) is 5.75 Å². The summed E-state index contributed by atoms with van der Waals surface area (Å²) in [4.78, 5) is 38.1. The zero-order valence-corrected chi connectivity index (χ0v) is 17.3. The van der Waals surface area contributed by atoms with Crippen LogP contribution in [0.15, 0.2) is 54.6 Å². The number of hydrogen-bond acceptors (Lipinski definition) is 4. The van der Waals surface area contributed by atoms with E-state index in [2.05, 4.69) is 24.7 Å². The highest BCUT2D eigenvalue weighted by atomic mass is 16.5. The van der Waals surface area contributed by atoms with E-state index in [0.29, 0.717) is 24.8 Å². The topological polar surface area (TPSA) is 87.7 Å². The molecule has 1 atom stereocenters. The number of likely N-dealkylation sites (tertiary alicyclic amines) is 1. The minimum absolute atomic E-state index is 0.0708. The van der Waals surface area contributed by atoms with Crippen molar-refractivity contribution in [3.63, 3.8) is 0 Å². The molecular weight excluding hydrogens is 382 g/mol. The van der Waals surface area contributed by atoms with Crippen LogP contribution in [0.2, 0.25) is 0 Å². The molecule has 7 nitrogen and oxygen atoms in total. The van der Waals surface area contributed by atoms with Gasteiger partial charge in [-0.2, -0.15) is 0 Å². The van der Waals surface area contributed by atoms with E-state index >= 15 is 0 Å². The molecule has 3 rings (SSSR count). The number of hydrazine groups is 1. The van der Waals surface area contributed by atoms with E-state index in [4.69, 9.17) is 4.74 Å². The Balaban J connectivity index is 1.40. The second kappa shape index (κ2) is 9.91. The van der Waals surface area contributed by atoms with Crippen molar-refractivity contribution in [2.75, 3.05) is 13.2 Å². The molecule has 0 aromatic heterocycles. The van der Waals surface area contributed by atoms with Gasteiger partial charge in [-0.05, 0) is 29.2 Å². The smallest absolute Gasteiger partial charge is 0.276 e.